The monoisotopic (exact) mass is 194 g/mol. The quantitative estimate of drug-likeness (QED) is 0.740. The summed E-state index contributed by atoms with van der Waals surface area (Å²) < 4.78 is 0. The summed E-state index contributed by atoms with van der Waals surface area (Å²) in [6.07, 6.45) is 1.56. The zero-order valence-electron chi connectivity index (χ0n) is 8.32. The summed E-state index contributed by atoms with van der Waals surface area (Å²) in [6.45, 7) is 3.38. The van der Waals surface area contributed by atoms with Gasteiger partial charge >= 0.3 is 0 Å². The van der Waals surface area contributed by atoms with Gasteiger partial charge < -0.3 is 10.4 Å². The molecule has 0 aromatic carbocycles. The lowest BCUT2D eigenvalue weighted by molar-refractivity contribution is 0.0864. The topological polar surface area (TPSA) is 62.2 Å². The minimum absolute atomic E-state index is 0.106. The minimum atomic E-state index is -0.616. The second-order valence-corrected chi connectivity index (χ2v) is 3.71. The molecule has 14 heavy (non-hydrogen) atoms. The van der Waals surface area contributed by atoms with Crippen molar-refractivity contribution in [3.8, 4) is 0 Å². The zero-order valence-corrected chi connectivity index (χ0v) is 8.32. The molecule has 2 N–H and O–H groups in total. The van der Waals surface area contributed by atoms with Gasteiger partial charge in [-0.25, -0.2) is 0 Å². The fraction of sp³-hybridized carbons (Fsp3) is 0.400. The number of carbonyl (C=O) groups is 1. The molecular formula is C10H14N2O2. The predicted molar refractivity (Wildman–Crippen MR) is 52.9 cm³/mol. The van der Waals surface area contributed by atoms with Gasteiger partial charge in [0.1, 0.15) is 5.69 Å². The molecule has 0 aliphatic rings. The number of hydrogen-bond donors (Lipinski definition) is 2. The van der Waals surface area contributed by atoms with Crippen molar-refractivity contribution in [2.45, 2.75) is 19.4 Å². The van der Waals surface area contributed by atoms with Crippen LogP contribution in [-0.4, -0.2) is 28.1 Å². The number of carbonyl (C=O) groups excluding carboxylic acids is 1. The van der Waals surface area contributed by atoms with Gasteiger partial charge in [0.05, 0.1) is 12.1 Å². The van der Waals surface area contributed by atoms with Crippen LogP contribution in [0.25, 0.3) is 0 Å². The Hall–Kier alpha value is -1.42. The first-order valence-electron chi connectivity index (χ1n) is 4.39. The van der Waals surface area contributed by atoms with Crippen LogP contribution in [0, 0.1) is 0 Å². The van der Waals surface area contributed by atoms with E-state index in [1.54, 1.807) is 38.2 Å². The largest absolute Gasteiger partial charge is 0.394 e. The first-order valence-corrected chi connectivity index (χ1v) is 4.39. The molecule has 0 bridgehead atoms. The molecule has 0 atom stereocenters. The molecule has 1 aromatic heterocycles. The van der Waals surface area contributed by atoms with Gasteiger partial charge in [0.15, 0.2) is 0 Å². The van der Waals surface area contributed by atoms with Crippen molar-refractivity contribution in [1.29, 1.82) is 0 Å². The number of hydrogen-bond acceptors (Lipinski definition) is 3. The number of nitrogens with one attached hydrogen (secondary N) is 1. The number of aliphatic hydroxyl groups excluding tert-OH is 1. The van der Waals surface area contributed by atoms with Crippen LogP contribution >= 0.6 is 0 Å². The van der Waals surface area contributed by atoms with E-state index in [0.717, 1.165) is 0 Å². The first-order chi connectivity index (χ1) is 6.55. The fourth-order valence-electron chi connectivity index (χ4n) is 0.908. The van der Waals surface area contributed by atoms with Crippen LogP contribution in [0.3, 0.4) is 0 Å². The van der Waals surface area contributed by atoms with Gasteiger partial charge in [-0.3, -0.25) is 9.78 Å². The van der Waals surface area contributed by atoms with Gasteiger partial charge in [-0.1, -0.05) is 6.07 Å². The lowest BCUT2D eigenvalue weighted by atomic mass is 10.1. The maximum absolute atomic E-state index is 11.5. The molecule has 1 amide bonds. The standard InChI is InChI=1S/C10H14N2O2/c1-10(2,7-13)12-9(14)8-5-3-4-6-11-8/h3-6,13H,7H2,1-2H3,(H,12,14). The summed E-state index contributed by atoms with van der Waals surface area (Å²) in [5.41, 5.74) is -0.261. The molecule has 0 fully saturated rings. The van der Waals surface area contributed by atoms with Crippen molar-refractivity contribution in [3.63, 3.8) is 0 Å². The molecule has 1 rings (SSSR count). The van der Waals surface area contributed by atoms with Crippen LogP contribution < -0.4 is 5.32 Å². The summed E-state index contributed by atoms with van der Waals surface area (Å²) in [4.78, 5) is 15.4. The molecule has 0 unspecified atom stereocenters. The zero-order chi connectivity index (χ0) is 10.6. The molecule has 76 valence electrons. The van der Waals surface area contributed by atoms with Crippen LogP contribution in [0.15, 0.2) is 24.4 Å². The van der Waals surface area contributed by atoms with E-state index in [1.165, 1.54) is 0 Å². The number of rotatable bonds is 3. The Morgan fingerprint density at radius 2 is 2.29 bits per heavy atom. The minimum Gasteiger partial charge on any atom is -0.394 e. The Bertz CT molecular complexity index is 309. The van der Waals surface area contributed by atoms with E-state index in [1.807, 2.05) is 0 Å². The second kappa shape index (κ2) is 4.19. The van der Waals surface area contributed by atoms with Crippen LogP contribution in [0.5, 0.6) is 0 Å². The fourth-order valence-corrected chi connectivity index (χ4v) is 0.908. The van der Waals surface area contributed by atoms with Crippen LogP contribution in [0.2, 0.25) is 0 Å². The Balaban J connectivity index is 2.69. The lowest BCUT2D eigenvalue weighted by Crippen LogP contribution is -2.46. The third kappa shape index (κ3) is 2.81. The maximum atomic E-state index is 11.5. The number of pyridine rings is 1. The molecule has 0 saturated heterocycles. The van der Waals surface area contributed by atoms with Crippen molar-refractivity contribution >= 4 is 5.91 Å². The van der Waals surface area contributed by atoms with Crippen molar-refractivity contribution in [1.82, 2.24) is 10.3 Å². The molecule has 0 radical (unpaired) electrons. The highest BCUT2D eigenvalue weighted by atomic mass is 16.3. The number of aromatic nitrogens is 1. The number of aliphatic hydroxyl groups is 1. The first kappa shape index (κ1) is 10.7. The Labute approximate surface area is 83.0 Å². The normalized spacial score (nSPS) is 11.1. The summed E-state index contributed by atoms with van der Waals surface area (Å²) in [7, 11) is 0. The Kier molecular flexibility index (Phi) is 3.19. The van der Waals surface area contributed by atoms with E-state index in [-0.39, 0.29) is 12.5 Å². The van der Waals surface area contributed by atoms with E-state index < -0.39 is 5.54 Å². The van der Waals surface area contributed by atoms with Crippen molar-refractivity contribution < 1.29 is 9.90 Å². The van der Waals surface area contributed by atoms with Crippen LogP contribution in [0.4, 0.5) is 0 Å². The summed E-state index contributed by atoms with van der Waals surface area (Å²) in [5.74, 6) is -0.273. The molecule has 1 heterocycles. The van der Waals surface area contributed by atoms with Crippen molar-refractivity contribution in [2.24, 2.45) is 0 Å². The van der Waals surface area contributed by atoms with Gasteiger partial charge in [-0.15, -0.1) is 0 Å². The van der Waals surface area contributed by atoms with Crippen molar-refractivity contribution in [3.05, 3.63) is 30.1 Å². The number of nitrogens with zero attached hydrogens (tertiary/aromatic N) is 1. The summed E-state index contributed by atoms with van der Waals surface area (Å²) in [5, 5.41) is 11.6. The molecule has 4 nitrogen and oxygen atoms in total. The molecule has 0 aliphatic carbocycles. The second-order valence-electron chi connectivity index (χ2n) is 3.71. The highest BCUT2D eigenvalue weighted by Gasteiger charge is 2.20. The SMILES string of the molecule is CC(C)(CO)NC(=O)c1ccccn1. The molecule has 0 spiro atoms. The Morgan fingerprint density at radius 1 is 1.57 bits per heavy atom. The third-order valence-electron chi connectivity index (χ3n) is 1.74. The smallest absolute Gasteiger partial charge is 0.270 e. The van der Waals surface area contributed by atoms with Gasteiger partial charge in [0.2, 0.25) is 0 Å². The van der Waals surface area contributed by atoms with E-state index in [2.05, 4.69) is 10.3 Å². The summed E-state index contributed by atoms with van der Waals surface area (Å²) >= 11 is 0. The van der Waals surface area contributed by atoms with Crippen LogP contribution in [0.1, 0.15) is 24.3 Å². The molecule has 0 aliphatic heterocycles. The van der Waals surface area contributed by atoms with E-state index in [9.17, 15) is 4.79 Å². The lowest BCUT2D eigenvalue weighted by Gasteiger charge is -2.22. The van der Waals surface area contributed by atoms with Crippen LogP contribution in [-0.2, 0) is 0 Å². The average molecular weight is 194 g/mol. The molecular weight excluding hydrogens is 180 g/mol. The van der Waals surface area contributed by atoms with E-state index in [0.29, 0.717) is 5.69 Å². The van der Waals surface area contributed by atoms with Crippen molar-refractivity contribution in [2.75, 3.05) is 6.61 Å². The van der Waals surface area contributed by atoms with Gasteiger partial charge in [-0.2, -0.15) is 0 Å². The maximum Gasteiger partial charge on any atom is 0.270 e. The molecule has 4 heteroatoms. The highest BCUT2D eigenvalue weighted by Crippen LogP contribution is 2.02. The van der Waals surface area contributed by atoms with Gasteiger partial charge in [0.25, 0.3) is 5.91 Å². The highest BCUT2D eigenvalue weighted by molar-refractivity contribution is 5.92. The molecule has 0 saturated carbocycles. The Morgan fingerprint density at radius 3 is 2.79 bits per heavy atom. The number of amides is 1. The van der Waals surface area contributed by atoms with E-state index >= 15 is 0 Å². The van der Waals surface area contributed by atoms with E-state index in [4.69, 9.17) is 5.11 Å². The average Bonchev–Trinajstić information content (AvgIpc) is 2.19. The molecule has 1 aromatic rings. The van der Waals surface area contributed by atoms with Gasteiger partial charge in [-0.05, 0) is 26.0 Å². The third-order valence-corrected chi connectivity index (χ3v) is 1.74. The van der Waals surface area contributed by atoms with Gasteiger partial charge in [0, 0.05) is 6.20 Å². The predicted octanol–water partition coefficient (Wildman–Crippen LogP) is 0.582. The summed E-state index contributed by atoms with van der Waals surface area (Å²) in [6, 6.07) is 5.12.